The van der Waals surface area contributed by atoms with Crippen LogP contribution in [0, 0.1) is 0 Å². The van der Waals surface area contributed by atoms with Crippen LogP contribution in [-0.4, -0.2) is 59.5 Å². The standard InChI is InChI=1S/C19H23ClFN7O/c1-22-19(29)28-5-2-3-12(4-6-28)26-18-15(21)10-25-17(27-18)14-9-24-16-13(14)7-11(20)8-23-16/h7-9,12,26H,2-6,10H2,1H3,(H,22,29)(H,23,24)(H,25,27). The second-order valence-electron chi connectivity index (χ2n) is 7.14. The highest BCUT2D eigenvalue weighted by molar-refractivity contribution is 6.31. The van der Waals surface area contributed by atoms with Gasteiger partial charge in [0, 0.05) is 49.5 Å². The van der Waals surface area contributed by atoms with E-state index in [0.29, 0.717) is 35.4 Å². The number of carbonyl (C=O) groups excluding carboxylic acids is 1. The zero-order valence-corrected chi connectivity index (χ0v) is 16.8. The van der Waals surface area contributed by atoms with Crippen molar-refractivity contribution in [2.75, 3.05) is 26.7 Å². The molecule has 2 aliphatic heterocycles. The van der Waals surface area contributed by atoms with Gasteiger partial charge in [0.05, 0.1) is 11.6 Å². The first-order valence-electron chi connectivity index (χ1n) is 9.61. The third-order valence-electron chi connectivity index (χ3n) is 5.22. The maximum absolute atomic E-state index is 14.5. The fraction of sp³-hybridized carbons (Fsp3) is 0.421. The van der Waals surface area contributed by atoms with Crippen molar-refractivity contribution in [1.82, 2.24) is 30.8 Å². The third kappa shape index (κ3) is 4.14. The van der Waals surface area contributed by atoms with E-state index in [0.717, 1.165) is 30.2 Å². The molecule has 1 atom stereocenters. The normalized spacial score (nSPS) is 20.2. The molecule has 0 aliphatic carbocycles. The van der Waals surface area contributed by atoms with Crippen LogP contribution < -0.4 is 16.0 Å². The van der Waals surface area contributed by atoms with E-state index in [1.165, 1.54) is 0 Å². The molecule has 4 heterocycles. The van der Waals surface area contributed by atoms with Crippen LogP contribution >= 0.6 is 11.6 Å². The van der Waals surface area contributed by atoms with E-state index < -0.39 is 0 Å². The fourth-order valence-corrected chi connectivity index (χ4v) is 3.86. The molecule has 2 amide bonds. The Kier molecular flexibility index (Phi) is 5.57. The minimum atomic E-state index is -0.336. The molecule has 0 bridgehead atoms. The predicted molar refractivity (Wildman–Crippen MR) is 111 cm³/mol. The van der Waals surface area contributed by atoms with Crippen molar-refractivity contribution < 1.29 is 9.18 Å². The number of hydrogen-bond donors (Lipinski definition) is 4. The molecule has 2 aliphatic rings. The van der Waals surface area contributed by atoms with E-state index in [2.05, 4.69) is 30.9 Å². The van der Waals surface area contributed by atoms with Gasteiger partial charge < -0.3 is 25.8 Å². The van der Waals surface area contributed by atoms with Gasteiger partial charge in [-0.25, -0.2) is 14.2 Å². The smallest absolute Gasteiger partial charge is 0.317 e. The number of amidine groups is 1. The monoisotopic (exact) mass is 419 g/mol. The lowest BCUT2D eigenvalue weighted by Crippen LogP contribution is -2.42. The minimum absolute atomic E-state index is 0.0393. The van der Waals surface area contributed by atoms with E-state index in [-0.39, 0.29) is 24.4 Å². The maximum atomic E-state index is 14.5. The third-order valence-corrected chi connectivity index (χ3v) is 5.43. The van der Waals surface area contributed by atoms with Gasteiger partial charge in [0.1, 0.15) is 17.3 Å². The number of aromatic amines is 1. The molecule has 1 fully saturated rings. The summed E-state index contributed by atoms with van der Waals surface area (Å²) in [5.41, 5.74) is 1.48. The maximum Gasteiger partial charge on any atom is 0.317 e. The van der Waals surface area contributed by atoms with Gasteiger partial charge in [-0.2, -0.15) is 0 Å². The second-order valence-corrected chi connectivity index (χ2v) is 7.57. The van der Waals surface area contributed by atoms with Gasteiger partial charge in [0.25, 0.3) is 0 Å². The number of carbonyl (C=O) groups is 1. The summed E-state index contributed by atoms with van der Waals surface area (Å²) in [4.78, 5) is 25.3. The molecule has 1 unspecified atom stereocenters. The highest BCUT2D eigenvalue weighted by Crippen LogP contribution is 2.23. The summed E-state index contributed by atoms with van der Waals surface area (Å²) in [5.74, 6) is 0.555. The Hall–Kier alpha value is -2.81. The Morgan fingerprint density at radius 3 is 3.07 bits per heavy atom. The van der Waals surface area contributed by atoms with E-state index in [1.54, 1.807) is 30.4 Å². The number of nitrogens with one attached hydrogen (secondary N) is 4. The molecule has 0 saturated carbocycles. The average Bonchev–Trinajstić information content (AvgIpc) is 2.99. The molecule has 1 saturated heterocycles. The summed E-state index contributed by atoms with van der Waals surface area (Å²) in [5, 5.41) is 10.4. The lowest BCUT2D eigenvalue weighted by Gasteiger charge is -2.25. The van der Waals surface area contributed by atoms with Crippen LogP contribution in [-0.2, 0) is 0 Å². The Balaban J connectivity index is 1.46. The SMILES string of the molecule is CNC(=O)N1CCCC(NC2=C(F)CN=C(c3c[nH]c4ncc(Cl)cc34)N2)CC1. The van der Waals surface area contributed by atoms with Gasteiger partial charge in [-0.15, -0.1) is 0 Å². The van der Waals surface area contributed by atoms with Crippen LogP contribution in [0.3, 0.4) is 0 Å². The van der Waals surface area contributed by atoms with Crippen LogP contribution in [0.1, 0.15) is 24.8 Å². The molecule has 10 heteroatoms. The summed E-state index contributed by atoms with van der Waals surface area (Å²) >= 11 is 6.08. The van der Waals surface area contributed by atoms with E-state index >= 15 is 0 Å². The van der Waals surface area contributed by atoms with Gasteiger partial charge in [-0.05, 0) is 25.3 Å². The topological polar surface area (TPSA) is 97.4 Å². The van der Waals surface area contributed by atoms with Crippen molar-refractivity contribution >= 4 is 34.5 Å². The predicted octanol–water partition coefficient (Wildman–Crippen LogP) is 2.49. The Labute approximate surface area is 172 Å². The van der Waals surface area contributed by atoms with Gasteiger partial charge >= 0.3 is 6.03 Å². The molecule has 29 heavy (non-hydrogen) atoms. The van der Waals surface area contributed by atoms with Gasteiger partial charge in [-0.1, -0.05) is 11.6 Å². The Morgan fingerprint density at radius 1 is 1.38 bits per heavy atom. The summed E-state index contributed by atoms with van der Waals surface area (Å²) in [6, 6.07) is 1.80. The first-order chi connectivity index (χ1) is 14.0. The molecule has 2 aromatic rings. The van der Waals surface area contributed by atoms with Gasteiger partial charge in [0.15, 0.2) is 5.83 Å². The molecular weight excluding hydrogens is 397 g/mol. The molecule has 154 valence electrons. The molecule has 0 spiro atoms. The van der Waals surface area contributed by atoms with Crippen LogP contribution in [0.4, 0.5) is 9.18 Å². The Morgan fingerprint density at radius 2 is 2.24 bits per heavy atom. The first-order valence-corrected chi connectivity index (χ1v) is 9.99. The second kappa shape index (κ2) is 8.28. The van der Waals surface area contributed by atoms with Crippen molar-refractivity contribution in [3.63, 3.8) is 0 Å². The van der Waals surface area contributed by atoms with Crippen molar-refractivity contribution in [1.29, 1.82) is 0 Å². The number of amides is 2. The molecule has 2 aromatic heterocycles. The van der Waals surface area contributed by atoms with Crippen LogP contribution in [0.15, 0.2) is 35.1 Å². The number of halogens is 2. The number of urea groups is 1. The quantitative estimate of drug-likeness (QED) is 0.614. The summed E-state index contributed by atoms with van der Waals surface area (Å²) in [6.07, 6.45) is 5.80. The highest BCUT2D eigenvalue weighted by atomic mass is 35.5. The summed E-state index contributed by atoms with van der Waals surface area (Å²) < 4.78 is 14.5. The van der Waals surface area contributed by atoms with E-state index in [1.807, 2.05) is 0 Å². The summed E-state index contributed by atoms with van der Waals surface area (Å²) in [6.45, 7) is 1.28. The van der Waals surface area contributed by atoms with Gasteiger partial charge in [-0.3, -0.25) is 4.99 Å². The van der Waals surface area contributed by atoms with Crippen molar-refractivity contribution in [3.8, 4) is 0 Å². The van der Waals surface area contributed by atoms with E-state index in [4.69, 9.17) is 11.6 Å². The average molecular weight is 420 g/mol. The van der Waals surface area contributed by atoms with Crippen LogP contribution in [0.25, 0.3) is 11.0 Å². The highest BCUT2D eigenvalue weighted by Gasteiger charge is 2.24. The number of hydrogen-bond acceptors (Lipinski definition) is 5. The van der Waals surface area contributed by atoms with Crippen molar-refractivity contribution in [2.45, 2.75) is 25.3 Å². The number of nitrogens with zero attached hydrogens (tertiary/aromatic N) is 3. The fourth-order valence-electron chi connectivity index (χ4n) is 3.70. The molecule has 0 aromatic carbocycles. The number of likely N-dealkylation sites (tertiary alicyclic amines) is 1. The molecule has 0 radical (unpaired) electrons. The van der Waals surface area contributed by atoms with Crippen molar-refractivity contribution in [3.05, 3.63) is 40.7 Å². The number of fused-ring (bicyclic) bond motifs is 1. The largest absolute Gasteiger partial charge is 0.367 e. The lowest BCUT2D eigenvalue weighted by molar-refractivity contribution is 0.202. The number of aromatic nitrogens is 2. The number of pyridine rings is 1. The molecule has 4 rings (SSSR count). The number of rotatable bonds is 3. The zero-order chi connectivity index (χ0) is 20.4. The Bertz CT molecular complexity index is 986. The summed E-state index contributed by atoms with van der Waals surface area (Å²) in [7, 11) is 1.63. The number of aliphatic imine (C=N–C) groups is 1. The minimum Gasteiger partial charge on any atom is -0.367 e. The van der Waals surface area contributed by atoms with Gasteiger partial charge in [0.2, 0.25) is 0 Å². The zero-order valence-electron chi connectivity index (χ0n) is 16.1. The lowest BCUT2D eigenvalue weighted by atomic mass is 10.1. The first kappa shape index (κ1) is 19.5. The number of H-pyrrole nitrogens is 1. The van der Waals surface area contributed by atoms with Crippen molar-refractivity contribution in [2.24, 2.45) is 4.99 Å². The van der Waals surface area contributed by atoms with Crippen LogP contribution in [0.5, 0.6) is 0 Å². The molecular formula is C19H23ClFN7O. The van der Waals surface area contributed by atoms with E-state index in [9.17, 15) is 9.18 Å². The van der Waals surface area contributed by atoms with Crippen LogP contribution in [0.2, 0.25) is 5.02 Å². The molecule has 4 N–H and O–H groups in total. The molecule has 8 nitrogen and oxygen atoms in total.